The fourth-order valence-electron chi connectivity index (χ4n) is 2.64. The van der Waals surface area contributed by atoms with Crippen molar-refractivity contribution in [3.05, 3.63) is 53.3 Å². The van der Waals surface area contributed by atoms with Crippen LogP contribution in [0.15, 0.2) is 36.4 Å². The van der Waals surface area contributed by atoms with Gasteiger partial charge in [0.05, 0.1) is 25.4 Å². The first-order chi connectivity index (χ1) is 13.7. The molecular formula is C23H29FO5. The van der Waals surface area contributed by atoms with E-state index in [-0.39, 0.29) is 0 Å². The molecule has 0 saturated carbocycles. The van der Waals surface area contributed by atoms with Gasteiger partial charge in [-0.2, -0.15) is 0 Å². The lowest BCUT2D eigenvalue weighted by atomic mass is 10.00. The summed E-state index contributed by atoms with van der Waals surface area (Å²) in [5, 5.41) is 0. The van der Waals surface area contributed by atoms with Crippen LogP contribution in [0.5, 0.6) is 5.75 Å². The van der Waals surface area contributed by atoms with Gasteiger partial charge in [0.1, 0.15) is 23.8 Å². The number of esters is 1. The molecule has 0 aliphatic carbocycles. The standard InChI is InChI=1S/C23H29FO5/c1-16-14-17(7-9-21(16)28-13-12-27-11-10-26-5)19-15-18(6-8-20(19)24)22(25)29-23(2,3)4/h6-9,14-15H,10-13H2,1-5H3. The lowest BCUT2D eigenvalue weighted by Crippen LogP contribution is -2.23. The molecule has 5 nitrogen and oxygen atoms in total. The average Bonchev–Trinajstić information content (AvgIpc) is 2.64. The number of ether oxygens (including phenoxy) is 4. The molecule has 0 unspecified atom stereocenters. The van der Waals surface area contributed by atoms with Gasteiger partial charge in [-0.25, -0.2) is 9.18 Å². The van der Waals surface area contributed by atoms with Gasteiger partial charge in [0.15, 0.2) is 0 Å². The lowest BCUT2D eigenvalue weighted by molar-refractivity contribution is 0.00695. The Morgan fingerprint density at radius 1 is 1.00 bits per heavy atom. The number of hydrogen-bond donors (Lipinski definition) is 0. The Morgan fingerprint density at radius 3 is 2.38 bits per heavy atom. The number of rotatable bonds is 9. The number of methoxy groups -OCH3 is 1. The van der Waals surface area contributed by atoms with Crippen LogP contribution in [-0.2, 0) is 14.2 Å². The predicted octanol–water partition coefficient (Wildman–Crippen LogP) is 4.80. The fourth-order valence-corrected chi connectivity index (χ4v) is 2.64. The summed E-state index contributed by atoms with van der Waals surface area (Å²) in [5.41, 5.74) is 1.55. The van der Waals surface area contributed by atoms with E-state index in [1.54, 1.807) is 40.0 Å². The number of carbonyl (C=O) groups excluding carboxylic acids is 1. The van der Waals surface area contributed by atoms with Crippen molar-refractivity contribution in [2.75, 3.05) is 33.5 Å². The van der Waals surface area contributed by atoms with Crippen molar-refractivity contribution < 1.29 is 28.1 Å². The van der Waals surface area contributed by atoms with Crippen LogP contribution in [-0.4, -0.2) is 45.1 Å². The van der Waals surface area contributed by atoms with Gasteiger partial charge in [0.25, 0.3) is 0 Å². The average molecular weight is 404 g/mol. The van der Waals surface area contributed by atoms with Gasteiger partial charge in [-0.1, -0.05) is 6.07 Å². The van der Waals surface area contributed by atoms with E-state index in [1.807, 2.05) is 13.0 Å². The summed E-state index contributed by atoms with van der Waals surface area (Å²) in [6, 6.07) is 9.62. The SMILES string of the molecule is COCCOCCOc1ccc(-c2cc(C(=O)OC(C)(C)C)ccc2F)cc1C. The minimum atomic E-state index is -0.617. The molecule has 0 bridgehead atoms. The Bertz CT molecular complexity index is 827. The van der Waals surface area contributed by atoms with E-state index >= 15 is 0 Å². The second-order valence-electron chi connectivity index (χ2n) is 7.63. The molecule has 0 heterocycles. The largest absolute Gasteiger partial charge is 0.491 e. The zero-order chi connectivity index (χ0) is 21.4. The van der Waals surface area contributed by atoms with Crippen LogP contribution in [0.3, 0.4) is 0 Å². The van der Waals surface area contributed by atoms with E-state index in [0.29, 0.717) is 48.9 Å². The molecule has 0 aliphatic heterocycles. The summed E-state index contributed by atoms with van der Waals surface area (Å²) >= 11 is 0. The Labute approximate surface area is 171 Å². The van der Waals surface area contributed by atoms with Crippen molar-refractivity contribution in [2.24, 2.45) is 0 Å². The van der Waals surface area contributed by atoms with Crippen LogP contribution < -0.4 is 4.74 Å². The molecule has 0 atom stereocenters. The molecule has 0 radical (unpaired) electrons. The first-order valence-corrected chi connectivity index (χ1v) is 9.54. The smallest absolute Gasteiger partial charge is 0.338 e. The third kappa shape index (κ3) is 7.15. The molecule has 29 heavy (non-hydrogen) atoms. The summed E-state index contributed by atoms with van der Waals surface area (Å²) in [4.78, 5) is 12.3. The van der Waals surface area contributed by atoms with E-state index in [9.17, 15) is 9.18 Å². The fraction of sp³-hybridized carbons (Fsp3) is 0.435. The van der Waals surface area contributed by atoms with Gasteiger partial charge < -0.3 is 18.9 Å². The maximum Gasteiger partial charge on any atom is 0.338 e. The quantitative estimate of drug-likeness (QED) is 0.444. The van der Waals surface area contributed by atoms with Crippen molar-refractivity contribution in [3.8, 4) is 16.9 Å². The molecule has 0 aliphatic rings. The van der Waals surface area contributed by atoms with Crippen molar-refractivity contribution in [3.63, 3.8) is 0 Å². The molecule has 0 fully saturated rings. The van der Waals surface area contributed by atoms with Crippen molar-refractivity contribution in [2.45, 2.75) is 33.3 Å². The molecule has 6 heteroatoms. The lowest BCUT2D eigenvalue weighted by Gasteiger charge is -2.19. The Hall–Kier alpha value is -2.44. The molecule has 158 valence electrons. The summed E-state index contributed by atoms with van der Waals surface area (Å²) in [5.74, 6) is -0.186. The third-order valence-electron chi connectivity index (χ3n) is 4.00. The van der Waals surface area contributed by atoms with Gasteiger partial charge in [0, 0.05) is 12.7 Å². The van der Waals surface area contributed by atoms with E-state index in [1.165, 1.54) is 18.2 Å². The van der Waals surface area contributed by atoms with Crippen LogP contribution in [0.25, 0.3) is 11.1 Å². The van der Waals surface area contributed by atoms with Crippen LogP contribution in [0.2, 0.25) is 0 Å². The Kier molecular flexibility index (Phi) is 8.17. The molecular weight excluding hydrogens is 375 g/mol. The predicted molar refractivity (Wildman–Crippen MR) is 110 cm³/mol. The van der Waals surface area contributed by atoms with Crippen molar-refractivity contribution in [1.29, 1.82) is 0 Å². The maximum atomic E-state index is 14.4. The number of aryl methyl sites for hydroxylation is 1. The summed E-state index contributed by atoms with van der Waals surface area (Å²) in [6.07, 6.45) is 0. The molecule has 0 aromatic heterocycles. The van der Waals surface area contributed by atoms with E-state index < -0.39 is 17.4 Å². The third-order valence-corrected chi connectivity index (χ3v) is 4.00. The monoisotopic (exact) mass is 404 g/mol. The minimum Gasteiger partial charge on any atom is -0.491 e. The van der Waals surface area contributed by atoms with E-state index in [0.717, 1.165) is 5.56 Å². The number of hydrogen-bond acceptors (Lipinski definition) is 5. The van der Waals surface area contributed by atoms with Crippen LogP contribution in [0.1, 0.15) is 36.7 Å². The molecule has 0 N–H and O–H groups in total. The zero-order valence-electron chi connectivity index (χ0n) is 17.7. The summed E-state index contributed by atoms with van der Waals surface area (Å²) in [6.45, 7) is 9.19. The van der Waals surface area contributed by atoms with E-state index in [4.69, 9.17) is 18.9 Å². The van der Waals surface area contributed by atoms with Crippen molar-refractivity contribution in [1.82, 2.24) is 0 Å². The van der Waals surface area contributed by atoms with E-state index in [2.05, 4.69) is 0 Å². The Morgan fingerprint density at radius 2 is 1.72 bits per heavy atom. The van der Waals surface area contributed by atoms with Gasteiger partial charge in [-0.05, 0) is 69.2 Å². The molecule has 0 saturated heterocycles. The highest BCUT2D eigenvalue weighted by Gasteiger charge is 2.19. The van der Waals surface area contributed by atoms with Crippen LogP contribution >= 0.6 is 0 Å². The second kappa shape index (κ2) is 10.4. The van der Waals surface area contributed by atoms with Gasteiger partial charge >= 0.3 is 5.97 Å². The van der Waals surface area contributed by atoms with Crippen LogP contribution in [0, 0.1) is 12.7 Å². The first-order valence-electron chi connectivity index (χ1n) is 9.54. The zero-order valence-corrected chi connectivity index (χ0v) is 17.7. The first kappa shape index (κ1) is 22.8. The molecule has 2 rings (SSSR count). The molecule has 0 spiro atoms. The summed E-state index contributed by atoms with van der Waals surface area (Å²) < 4.78 is 35.8. The second-order valence-corrected chi connectivity index (χ2v) is 7.63. The molecule has 2 aromatic carbocycles. The number of carbonyl (C=O) groups is 1. The number of halogens is 1. The highest BCUT2D eigenvalue weighted by molar-refractivity contribution is 5.91. The molecule has 0 amide bonds. The normalized spacial score (nSPS) is 11.4. The van der Waals surface area contributed by atoms with Crippen LogP contribution in [0.4, 0.5) is 4.39 Å². The van der Waals surface area contributed by atoms with Gasteiger partial charge in [-0.3, -0.25) is 0 Å². The maximum absolute atomic E-state index is 14.4. The summed E-state index contributed by atoms with van der Waals surface area (Å²) in [7, 11) is 1.62. The molecule has 2 aromatic rings. The number of benzene rings is 2. The Balaban J connectivity index is 2.11. The highest BCUT2D eigenvalue weighted by atomic mass is 19.1. The van der Waals surface area contributed by atoms with Gasteiger partial charge in [-0.15, -0.1) is 0 Å². The van der Waals surface area contributed by atoms with Crippen molar-refractivity contribution >= 4 is 5.97 Å². The topological polar surface area (TPSA) is 54.0 Å². The van der Waals surface area contributed by atoms with Gasteiger partial charge in [0.2, 0.25) is 0 Å². The minimum absolute atomic E-state index is 0.308. The highest BCUT2D eigenvalue weighted by Crippen LogP contribution is 2.29.